The molecule has 0 N–H and O–H groups in total. The fourth-order valence-electron chi connectivity index (χ4n) is 3.90. The van der Waals surface area contributed by atoms with Crippen molar-refractivity contribution in [1.82, 2.24) is 0 Å². The maximum Gasteiger partial charge on any atom is 0.343 e. The first-order valence-corrected chi connectivity index (χ1v) is 14.2. The molecule has 0 heterocycles. The fraction of sp³-hybridized carbons (Fsp3) is 0. The van der Waals surface area contributed by atoms with Crippen LogP contribution in [0.1, 0.15) is 31.8 Å². The van der Waals surface area contributed by atoms with Crippen molar-refractivity contribution < 1.29 is 24.0 Å². The summed E-state index contributed by atoms with van der Waals surface area (Å²) in [7, 11) is 0. The third-order valence-electron chi connectivity index (χ3n) is 6.21. The molecular weight excluding hydrogens is 611 g/mol. The Morgan fingerprint density at radius 3 is 1.33 bits per heavy atom. The van der Waals surface area contributed by atoms with Crippen molar-refractivity contribution in [2.24, 2.45) is 9.98 Å². The number of nitro benzene ring substituents is 1. The number of benzene rings is 5. The molecule has 0 radical (unpaired) electrons. The molecule has 0 aliphatic heterocycles. The second kappa shape index (κ2) is 14.3. The Morgan fingerprint density at radius 1 is 0.600 bits per heavy atom. The molecule has 0 saturated heterocycles. The molecule has 5 aromatic carbocycles. The van der Waals surface area contributed by atoms with Gasteiger partial charge in [0.1, 0.15) is 11.5 Å². The minimum absolute atomic E-state index is 0.159. The minimum Gasteiger partial charge on any atom is -0.423 e. The Kier molecular flexibility index (Phi) is 9.83. The number of carbonyl (C=O) groups excluding carboxylic acids is 2. The van der Waals surface area contributed by atoms with Gasteiger partial charge in [-0.05, 0) is 83.9 Å². The highest BCUT2D eigenvalue weighted by molar-refractivity contribution is 7.80. The Labute approximate surface area is 268 Å². The van der Waals surface area contributed by atoms with Crippen molar-refractivity contribution >= 4 is 66.7 Å². The summed E-state index contributed by atoms with van der Waals surface area (Å²) in [5.41, 5.74) is 2.98. The van der Waals surface area contributed by atoms with Crippen LogP contribution >= 0.6 is 25.3 Å². The standard InChI is InChI=1S/C34H23N3O6S2/c38-33(24-5-1-22(2-6-24)20-35-26-9-13-31(44)14-10-26)42-29-17-28(37(40)41)18-30(19-29)43-34(39)25-7-3-23(4-8-25)21-36-27-11-15-32(45)16-12-27/h1-21,44-45H. The highest BCUT2D eigenvalue weighted by atomic mass is 32.1. The first-order chi connectivity index (χ1) is 21.7. The Balaban J connectivity index is 1.24. The van der Waals surface area contributed by atoms with Crippen molar-refractivity contribution in [3.05, 3.63) is 148 Å². The van der Waals surface area contributed by atoms with Crippen LogP contribution in [0.5, 0.6) is 11.5 Å². The Hall–Kier alpha value is -5.52. The van der Waals surface area contributed by atoms with Gasteiger partial charge in [0.15, 0.2) is 0 Å². The molecule has 11 heteroatoms. The van der Waals surface area contributed by atoms with Crippen molar-refractivity contribution in [3.63, 3.8) is 0 Å². The molecule has 0 aromatic heterocycles. The number of aliphatic imine (C=N–C) groups is 2. The van der Waals surface area contributed by atoms with Crippen LogP contribution in [0.2, 0.25) is 0 Å². The van der Waals surface area contributed by atoms with E-state index < -0.39 is 22.5 Å². The first-order valence-electron chi connectivity index (χ1n) is 13.3. The van der Waals surface area contributed by atoms with Crippen LogP contribution < -0.4 is 9.47 Å². The average Bonchev–Trinajstić information content (AvgIpc) is 3.04. The molecule has 0 fully saturated rings. The number of thiol groups is 2. The largest absolute Gasteiger partial charge is 0.423 e. The van der Waals surface area contributed by atoms with E-state index in [4.69, 9.17) is 9.47 Å². The van der Waals surface area contributed by atoms with Gasteiger partial charge in [-0.15, -0.1) is 25.3 Å². The molecule has 0 amide bonds. The molecule has 0 aliphatic rings. The zero-order valence-corrected chi connectivity index (χ0v) is 25.1. The number of nitrogens with zero attached hydrogens (tertiary/aromatic N) is 3. The molecule has 0 aliphatic carbocycles. The van der Waals surface area contributed by atoms with Gasteiger partial charge in [-0.1, -0.05) is 24.3 Å². The molecule has 45 heavy (non-hydrogen) atoms. The summed E-state index contributed by atoms with van der Waals surface area (Å²) in [5, 5.41) is 11.5. The van der Waals surface area contributed by atoms with Crippen LogP contribution in [0.4, 0.5) is 17.1 Å². The van der Waals surface area contributed by atoms with E-state index in [0.717, 1.165) is 44.4 Å². The summed E-state index contributed by atoms with van der Waals surface area (Å²) in [6.07, 6.45) is 3.29. The second-order valence-corrected chi connectivity index (χ2v) is 10.5. The highest BCUT2D eigenvalue weighted by Gasteiger charge is 2.18. The zero-order valence-electron chi connectivity index (χ0n) is 23.3. The van der Waals surface area contributed by atoms with E-state index in [0.29, 0.717) is 0 Å². The molecule has 0 saturated carbocycles. The number of carbonyl (C=O) groups is 2. The van der Waals surface area contributed by atoms with Gasteiger partial charge >= 0.3 is 11.9 Å². The molecule has 0 unspecified atom stereocenters. The van der Waals surface area contributed by atoms with Gasteiger partial charge in [-0.25, -0.2) is 9.59 Å². The lowest BCUT2D eigenvalue weighted by Crippen LogP contribution is -2.11. The number of ether oxygens (including phenoxy) is 2. The van der Waals surface area contributed by atoms with Gasteiger partial charge < -0.3 is 9.47 Å². The van der Waals surface area contributed by atoms with Gasteiger partial charge in [0.2, 0.25) is 0 Å². The predicted octanol–water partition coefficient (Wildman–Crippen LogP) is 8.11. The Bertz CT molecular complexity index is 1780. The minimum atomic E-state index is -0.751. The molecular formula is C34H23N3O6S2. The summed E-state index contributed by atoms with van der Waals surface area (Å²) in [6.45, 7) is 0. The van der Waals surface area contributed by atoms with Crippen molar-refractivity contribution in [3.8, 4) is 11.5 Å². The van der Waals surface area contributed by atoms with Crippen LogP contribution in [0.3, 0.4) is 0 Å². The van der Waals surface area contributed by atoms with Gasteiger partial charge in [0.25, 0.3) is 5.69 Å². The monoisotopic (exact) mass is 633 g/mol. The van der Waals surface area contributed by atoms with Crippen LogP contribution in [-0.4, -0.2) is 29.3 Å². The number of non-ortho nitro benzene ring substituents is 1. The molecule has 0 spiro atoms. The van der Waals surface area contributed by atoms with Gasteiger partial charge in [0.05, 0.1) is 39.6 Å². The number of hydrogen-bond donors (Lipinski definition) is 2. The number of nitro groups is 1. The number of esters is 2. The van der Waals surface area contributed by atoms with Crippen LogP contribution in [-0.2, 0) is 0 Å². The normalized spacial score (nSPS) is 11.1. The number of hydrogen-bond acceptors (Lipinski definition) is 10. The summed E-state index contributed by atoms with van der Waals surface area (Å²) < 4.78 is 10.8. The Morgan fingerprint density at radius 2 is 0.978 bits per heavy atom. The molecule has 222 valence electrons. The van der Waals surface area contributed by atoms with Crippen molar-refractivity contribution in [2.45, 2.75) is 9.79 Å². The quantitative estimate of drug-likeness (QED) is 0.0423. The summed E-state index contributed by atoms with van der Waals surface area (Å²) in [5.74, 6) is -1.82. The predicted molar refractivity (Wildman–Crippen MR) is 178 cm³/mol. The molecule has 9 nitrogen and oxygen atoms in total. The molecule has 5 rings (SSSR count). The van der Waals surface area contributed by atoms with E-state index in [1.54, 1.807) is 61.0 Å². The molecule has 0 bridgehead atoms. The van der Waals surface area contributed by atoms with E-state index in [2.05, 4.69) is 35.2 Å². The lowest BCUT2D eigenvalue weighted by atomic mass is 10.1. The van der Waals surface area contributed by atoms with Crippen molar-refractivity contribution in [1.29, 1.82) is 0 Å². The highest BCUT2D eigenvalue weighted by Crippen LogP contribution is 2.29. The first kappa shape index (κ1) is 30.9. The number of rotatable bonds is 9. The third-order valence-corrected chi connectivity index (χ3v) is 6.81. The van der Waals surface area contributed by atoms with Gasteiger partial charge in [-0.2, -0.15) is 0 Å². The topological polar surface area (TPSA) is 120 Å². The van der Waals surface area contributed by atoms with Crippen molar-refractivity contribution in [2.75, 3.05) is 0 Å². The van der Waals surface area contributed by atoms with E-state index in [-0.39, 0.29) is 22.6 Å². The van der Waals surface area contributed by atoms with Crippen LogP contribution in [0.25, 0.3) is 0 Å². The smallest absolute Gasteiger partial charge is 0.343 e. The van der Waals surface area contributed by atoms with Crippen LogP contribution in [0, 0.1) is 10.1 Å². The maximum absolute atomic E-state index is 12.8. The fourth-order valence-corrected chi connectivity index (χ4v) is 4.20. The summed E-state index contributed by atoms with van der Waals surface area (Å²) in [6, 6.07) is 30.9. The zero-order chi connectivity index (χ0) is 31.8. The van der Waals surface area contributed by atoms with E-state index in [1.165, 1.54) is 6.07 Å². The summed E-state index contributed by atoms with van der Waals surface area (Å²) in [4.78, 5) is 46.9. The lowest BCUT2D eigenvalue weighted by Gasteiger charge is -2.08. The maximum atomic E-state index is 12.8. The lowest BCUT2D eigenvalue weighted by molar-refractivity contribution is -0.385. The molecule has 0 atom stereocenters. The van der Waals surface area contributed by atoms with Crippen LogP contribution in [0.15, 0.2) is 135 Å². The van der Waals surface area contributed by atoms with Gasteiger partial charge in [-0.3, -0.25) is 20.1 Å². The summed E-state index contributed by atoms with van der Waals surface area (Å²) >= 11 is 8.50. The SMILES string of the molecule is O=C(Oc1cc(OC(=O)c2ccc(C=Nc3ccc(S)cc3)cc2)cc([N+](=O)[O-])c1)c1ccc(C=Nc2ccc(S)cc2)cc1. The third kappa shape index (κ3) is 8.75. The second-order valence-electron chi connectivity index (χ2n) is 9.49. The van der Waals surface area contributed by atoms with E-state index in [9.17, 15) is 19.7 Å². The average molecular weight is 634 g/mol. The van der Waals surface area contributed by atoms with Gasteiger partial charge in [0, 0.05) is 28.3 Å². The molecule has 5 aromatic rings. The van der Waals surface area contributed by atoms with E-state index in [1.807, 2.05) is 48.5 Å². The van der Waals surface area contributed by atoms with E-state index >= 15 is 0 Å².